The predicted octanol–water partition coefficient (Wildman–Crippen LogP) is 1.15. The molecule has 0 aliphatic heterocycles. The molecule has 1 rings (SSSR count). The summed E-state index contributed by atoms with van der Waals surface area (Å²) in [6.07, 6.45) is 0.965. The van der Waals surface area contributed by atoms with Gasteiger partial charge in [-0.25, -0.2) is 0 Å². The van der Waals surface area contributed by atoms with Crippen LogP contribution in [-0.2, 0) is 9.53 Å². The summed E-state index contributed by atoms with van der Waals surface area (Å²) in [7, 11) is 1.69. The van der Waals surface area contributed by atoms with Crippen LogP contribution in [0.5, 0.6) is 0 Å². The van der Waals surface area contributed by atoms with Crippen molar-refractivity contribution in [1.82, 2.24) is 0 Å². The van der Waals surface area contributed by atoms with Gasteiger partial charge in [0.1, 0.15) is 0 Å². The zero-order valence-electron chi connectivity index (χ0n) is 12.4. The van der Waals surface area contributed by atoms with E-state index in [-0.39, 0.29) is 5.91 Å². The average molecular weight is 265 g/mol. The molecule has 0 saturated carbocycles. The molecule has 0 saturated heterocycles. The Labute approximate surface area is 115 Å². The van der Waals surface area contributed by atoms with E-state index in [4.69, 9.17) is 4.74 Å². The molecule has 0 aliphatic carbocycles. The van der Waals surface area contributed by atoms with E-state index in [2.05, 4.69) is 24.4 Å². The highest BCUT2D eigenvalue weighted by Crippen LogP contribution is 2.21. The van der Waals surface area contributed by atoms with Gasteiger partial charge in [-0.05, 0) is 31.9 Å². The van der Waals surface area contributed by atoms with Crippen LogP contribution in [0.1, 0.15) is 23.1 Å². The Hall–Kier alpha value is -1.39. The molecule has 106 valence electrons. The van der Waals surface area contributed by atoms with Crippen molar-refractivity contribution in [3.05, 3.63) is 28.8 Å². The molecule has 1 amide bonds. The largest absolute Gasteiger partial charge is 0.384 e. The van der Waals surface area contributed by atoms with Crippen molar-refractivity contribution < 1.29 is 14.8 Å². The number of methoxy groups -OCH3 is 1. The second-order valence-corrected chi connectivity index (χ2v) is 4.95. The Kier molecular flexibility index (Phi) is 6.53. The van der Waals surface area contributed by atoms with Crippen LogP contribution < -0.4 is 10.6 Å². The van der Waals surface area contributed by atoms with Crippen molar-refractivity contribution in [2.24, 2.45) is 0 Å². The third-order valence-corrected chi connectivity index (χ3v) is 3.03. The number of nitrogens with one attached hydrogen (secondary N) is 1. The Balaban J connectivity index is 2.44. The summed E-state index contributed by atoms with van der Waals surface area (Å²) in [4.78, 5) is 11.9. The van der Waals surface area contributed by atoms with E-state index in [1.54, 1.807) is 7.11 Å². The van der Waals surface area contributed by atoms with E-state index < -0.39 is 0 Å². The van der Waals surface area contributed by atoms with Crippen molar-refractivity contribution in [2.75, 3.05) is 32.1 Å². The van der Waals surface area contributed by atoms with Crippen molar-refractivity contribution in [3.8, 4) is 0 Å². The molecule has 0 spiro atoms. The highest BCUT2D eigenvalue weighted by Gasteiger charge is 2.09. The lowest BCUT2D eigenvalue weighted by molar-refractivity contribution is -0.644. The topological polar surface area (TPSA) is 54.9 Å². The number of ether oxygens (including phenoxy) is 1. The molecule has 0 atom stereocenters. The molecule has 1 aromatic carbocycles. The summed E-state index contributed by atoms with van der Waals surface area (Å²) >= 11 is 0. The number of benzene rings is 1. The van der Waals surface area contributed by atoms with Gasteiger partial charge in [0.25, 0.3) is 5.91 Å². The first-order valence-corrected chi connectivity index (χ1v) is 6.73. The molecule has 0 aliphatic rings. The van der Waals surface area contributed by atoms with E-state index in [0.717, 1.165) is 36.4 Å². The molecule has 4 heteroatoms. The van der Waals surface area contributed by atoms with Crippen LogP contribution in [0.3, 0.4) is 0 Å². The maximum atomic E-state index is 11.9. The summed E-state index contributed by atoms with van der Waals surface area (Å²) in [5.74, 6) is 0.0486. The number of nitrogens with two attached hydrogens (primary N) is 1. The highest BCUT2D eigenvalue weighted by molar-refractivity contribution is 5.93. The van der Waals surface area contributed by atoms with Gasteiger partial charge in [-0.15, -0.1) is 0 Å². The van der Waals surface area contributed by atoms with Crippen LogP contribution in [0.25, 0.3) is 0 Å². The maximum Gasteiger partial charge on any atom is 0.279 e. The molecule has 0 radical (unpaired) electrons. The van der Waals surface area contributed by atoms with Crippen molar-refractivity contribution in [2.45, 2.75) is 27.2 Å². The summed E-state index contributed by atoms with van der Waals surface area (Å²) in [6.45, 7) is 8.23. The number of carbonyl (C=O) groups excluding carboxylic acids is 1. The summed E-state index contributed by atoms with van der Waals surface area (Å²) < 4.78 is 4.97. The van der Waals surface area contributed by atoms with Crippen LogP contribution in [0.2, 0.25) is 0 Å². The number of anilines is 1. The van der Waals surface area contributed by atoms with Gasteiger partial charge in [-0.1, -0.05) is 17.7 Å². The van der Waals surface area contributed by atoms with Gasteiger partial charge in [0.05, 0.1) is 13.2 Å². The fraction of sp³-hybridized carbons (Fsp3) is 0.533. The molecule has 3 N–H and O–H groups in total. The second kappa shape index (κ2) is 7.92. The van der Waals surface area contributed by atoms with Gasteiger partial charge in [0, 0.05) is 19.2 Å². The summed E-state index contributed by atoms with van der Waals surface area (Å²) in [6, 6.07) is 4.18. The van der Waals surface area contributed by atoms with Gasteiger partial charge < -0.3 is 15.4 Å². The molecular formula is C15H25N2O2+. The van der Waals surface area contributed by atoms with Crippen LogP contribution in [-0.4, -0.2) is 32.7 Å². The van der Waals surface area contributed by atoms with E-state index in [1.165, 1.54) is 5.56 Å². The van der Waals surface area contributed by atoms with Crippen molar-refractivity contribution in [3.63, 3.8) is 0 Å². The van der Waals surface area contributed by atoms with Crippen LogP contribution in [0, 0.1) is 20.8 Å². The number of quaternary nitrogens is 1. The monoisotopic (exact) mass is 265 g/mol. The SMILES string of the molecule is COCCC[NH2+]CC(=O)Nc1c(C)cc(C)cc1C. The quantitative estimate of drug-likeness (QED) is 0.727. The van der Waals surface area contributed by atoms with Gasteiger partial charge in [0.15, 0.2) is 6.54 Å². The van der Waals surface area contributed by atoms with Crippen molar-refractivity contribution >= 4 is 11.6 Å². The molecule has 0 aromatic heterocycles. The van der Waals surface area contributed by atoms with Gasteiger partial charge in [-0.3, -0.25) is 4.79 Å². The minimum atomic E-state index is 0.0486. The molecule has 19 heavy (non-hydrogen) atoms. The van der Waals surface area contributed by atoms with Crippen LogP contribution in [0.15, 0.2) is 12.1 Å². The fourth-order valence-corrected chi connectivity index (χ4v) is 2.17. The van der Waals surface area contributed by atoms with Crippen LogP contribution in [0.4, 0.5) is 5.69 Å². The minimum absolute atomic E-state index is 0.0486. The lowest BCUT2D eigenvalue weighted by Crippen LogP contribution is -2.86. The summed E-state index contributed by atoms with van der Waals surface area (Å²) in [5.41, 5.74) is 4.40. The predicted molar refractivity (Wildman–Crippen MR) is 77.4 cm³/mol. The normalized spacial score (nSPS) is 10.5. The molecule has 0 unspecified atom stereocenters. The molecule has 0 heterocycles. The van der Waals surface area contributed by atoms with Gasteiger partial charge >= 0.3 is 0 Å². The average Bonchev–Trinajstić information content (AvgIpc) is 2.33. The first-order chi connectivity index (χ1) is 9.04. The molecule has 0 fully saturated rings. The molecular weight excluding hydrogens is 240 g/mol. The first kappa shape index (κ1) is 15.7. The standard InChI is InChI=1S/C15H24N2O2/c1-11-8-12(2)15(13(3)9-11)17-14(18)10-16-6-5-7-19-4/h8-9,16H,5-7,10H2,1-4H3,(H,17,18)/p+1. The number of carbonyl (C=O) groups is 1. The minimum Gasteiger partial charge on any atom is -0.384 e. The smallest absolute Gasteiger partial charge is 0.279 e. The van der Waals surface area contributed by atoms with E-state index in [0.29, 0.717) is 6.54 Å². The molecule has 1 aromatic rings. The molecule has 0 bridgehead atoms. The number of rotatable bonds is 7. The van der Waals surface area contributed by atoms with Gasteiger partial charge in [0.2, 0.25) is 0 Å². The number of hydrogen-bond acceptors (Lipinski definition) is 2. The Morgan fingerprint density at radius 3 is 2.47 bits per heavy atom. The summed E-state index contributed by atoms with van der Waals surface area (Å²) in [5, 5.41) is 5.00. The number of aryl methyl sites for hydroxylation is 3. The van der Waals surface area contributed by atoms with Crippen molar-refractivity contribution in [1.29, 1.82) is 0 Å². The van der Waals surface area contributed by atoms with Gasteiger partial charge in [-0.2, -0.15) is 0 Å². The van der Waals surface area contributed by atoms with E-state index in [9.17, 15) is 4.79 Å². The third kappa shape index (κ3) is 5.41. The fourth-order valence-electron chi connectivity index (χ4n) is 2.17. The van der Waals surface area contributed by atoms with E-state index in [1.807, 2.05) is 19.2 Å². The zero-order chi connectivity index (χ0) is 14.3. The zero-order valence-corrected chi connectivity index (χ0v) is 12.4. The lowest BCUT2D eigenvalue weighted by Gasteiger charge is -2.12. The maximum absolute atomic E-state index is 11.9. The first-order valence-electron chi connectivity index (χ1n) is 6.73. The van der Waals surface area contributed by atoms with Crippen LogP contribution >= 0.6 is 0 Å². The van der Waals surface area contributed by atoms with E-state index >= 15 is 0 Å². The Morgan fingerprint density at radius 2 is 1.89 bits per heavy atom. The second-order valence-electron chi connectivity index (χ2n) is 4.95. The third-order valence-electron chi connectivity index (χ3n) is 3.03. The highest BCUT2D eigenvalue weighted by atomic mass is 16.5. The Bertz CT molecular complexity index is 407. The number of amides is 1. The lowest BCUT2D eigenvalue weighted by atomic mass is 10.1. The Morgan fingerprint density at radius 1 is 1.26 bits per heavy atom. The molecule has 4 nitrogen and oxygen atoms in total. The number of hydrogen-bond donors (Lipinski definition) is 2.